The Morgan fingerprint density at radius 2 is 1.22 bits per heavy atom. The first kappa shape index (κ1) is 33.3. The van der Waals surface area contributed by atoms with Crippen LogP contribution < -0.4 is 10.4 Å². The lowest BCUT2D eigenvalue weighted by molar-refractivity contribution is 0.889. The number of rotatable bonds is 5. The molecule has 0 spiro atoms. The first-order chi connectivity index (χ1) is 29.3. The molecule has 0 N–H and O–H groups in total. The Morgan fingerprint density at radius 3 is 2.15 bits per heavy atom. The van der Waals surface area contributed by atoms with Gasteiger partial charge in [-0.25, -0.2) is 15.0 Å². The van der Waals surface area contributed by atoms with Crippen LogP contribution in [0.2, 0.25) is 0 Å². The summed E-state index contributed by atoms with van der Waals surface area (Å²) in [5.41, 5.74) is 11.1. The molecular weight excluding hydrogens is 719 g/mol. The van der Waals surface area contributed by atoms with E-state index in [2.05, 4.69) is 179 Å². The molecule has 3 heterocycles. The molecule has 3 aromatic heterocycles. The van der Waals surface area contributed by atoms with Gasteiger partial charge in [-0.1, -0.05) is 164 Å². The van der Waals surface area contributed by atoms with Crippen LogP contribution in [0, 0.1) is 11.8 Å². The monoisotopic (exact) mass is 753 g/mol. The highest BCUT2D eigenvalue weighted by Gasteiger charge is 2.26. The predicted octanol–water partition coefficient (Wildman–Crippen LogP) is 10.9. The van der Waals surface area contributed by atoms with Crippen LogP contribution in [-0.4, -0.2) is 24.1 Å². The van der Waals surface area contributed by atoms with Crippen LogP contribution in [-0.2, 0) is 6.42 Å². The summed E-state index contributed by atoms with van der Waals surface area (Å²) in [6, 6.07) is 55.8. The van der Waals surface area contributed by atoms with Gasteiger partial charge in [0.25, 0.3) is 0 Å². The molecule has 5 nitrogen and oxygen atoms in total. The van der Waals surface area contributed by atoms with Crippen molar-refractivity contribution < 1.29 is 0 Å². The molecule has 7 aromatic carbocycles. The van der Waals surface area contributed by atoms with Crippen molar-refractivity contribution in [2.75, 3.05) is 0 Å². The first-order valence-corrected chi connectivity index (χ1v) is 20.2. The SMILES string of the molecule is C1#CCC(n2c3ccccc3c3cccc(-n4c5c(c6cccc(-c7nc(-c8ccccc8)nc(-c8cccc9ccccc89)n7)c64)C=CCC5)c32)=c2ccccc2=C1. The van der Waals surface area contributed by atoms with Crippen LogP contribution in [0.3, 0.4) is 0 Å². The zero-order valence-corrected chi connectivity index (χ0v) is 32.1. The fourth-order valence-corrected chi connectivity index (χ4v) is 9.37. The molecule has 0 fully saturated rings. The number of hydrogen-bond donors (Lipinski definition) is 0. The Kier molecular flexibility index (Phi) is 7.57. The van der Waals surface area contributed by atoms with E-state index in [1.165, 1.54) is 43.8 Å². The quantitative estimate of drug-likeness (QED) is 0.164. The third kappa shape index (κ3) is 5.24. The van der Waals surface area contributed by atoms with Gasteiger partial charge < -0.3 is 9.13 Å². The van der Waals surface area contributed by atoms with Crippen LogP contribution >= 0.6 is 0 Å². The number of fused-ring (bicyclic) bond motifs is 8. The molecule has 276 valence electrons. The second-order valence-corrected chi connectivity index (χ2v) is 15.2. The number of nitrogens with zero attached hydrogens (tertiary/aromatic N) is 5. The molecule has 12 rings (SSSR count). The average Bonchev–Trinajstić information content (AvgIpc) is 3.73. The van der Waals surface area contributed by atoms with Crippen molar-refractivity contribution in [3.05, 3.63) is 185 Å². The molecule has 10 aromatic rings. The number of para-hydroxylation sites is 3. The van der Waals surface area contributed by atoms with Gasteiger partial charge in [0.05, 0.1) is 28.7 Å². The molecule has 59 heavy (non-hydrogen) atoms. The summed E-state index contributed by atoms with van der Waals surface area (Å²) in [6.07, 6.45) is 9.16. The molecule has 0 aliphatic heterocycles. The molecule has 0 bridgehead atoms. The van der Waals surface area contributed by atoms with Gasteiger partial charge >= 0.3 is 0 Å². The van der Waals surface area contributed by atoms with Crippen molar-refractivity contribution in [3.63, 3.8) is 0 Å². The minimum Gasteiger partial charge on any atom is -0.310 e. The lowest BCUT2D eigenvalue weighted by Gasteiger charge is -2.19. The van der Waals surface area contributed by atoms with E-state index >= 15 is 0 Å². The highest BCUT2D eigenvalue weighted by Crippen LogP contribution is 2.43. The maximum atomic E-state index is 5.38. The molecule has 0 saturated heterocycles. The van der Waals surface area contributed by atoms with Crippen molar-refractivity contribution in [2.24, 2.45) is 0 Å². The highest BCUT2D eigenvalue weighted by molar-refractivity contribution is 6.14. The van der Waals surface area contributed by atoms with Gasteiger partial charge in [-0.3, -0.25) is 0 Å². The number of hydrogen-bond acceptors (Lipinski definition) is 3. The minimum absolute atomic E-state index is 0.623. The summed E-state index contributed by atoms with van der Waals surface area (Å²) in [4.78, 5) is 15.9. The van der Waals surface area contributed by atoms with Crippen LogP contribution in [0.15, 0.2) is 164 Å². The molecule has 0 saturated carbocycles. The number of allylic oxidation sites excluding steroid dienone is 1. The van der Waals surface area contributed by atoms with E-state index in [0.29, 0.717) is 23.9 Å². The Balaban J connectivity index is 1.20. The van der Waals surface area contributed by atoms with Gasteiger partial charge in [-0.2, -0.15) is 0 Å². The fourth-order valence-electron chi connectivity index (χ4n) is 9.37. The van der Waals surface area contributed by atoms with Gasteiger partial charge in [0.2, 0.25) is 0 Å². The van der Waals surface area contributed by atoms with E-state index in [1.807, 2.05) is 18.2 Å². The van der Waals surface area contributed by atoms with Crippen molar-refractivity contribution in [3.8, 4) is 51.7 Å². The molecular formula is C54H35N5. The van der Waals surface area contributed by atoms with E-state index in [4.69, 9.17) is 15.0 Å². The lowest BCUT2D eigenvalue weighted by atomic mass is 10.0. The molecule has 5 heteroatoms. The largest absolute Gasteiger partial charge is 0.310 e. The van der Waals surface area contributed by atoms with Crippen molar-refractivity contribution in [1.29, 1.82) is 0 Å². The van der Waals surface area contributed by atoms with E-state index in [9.17, 15) is 0 Å². The number of aromatic nitrogens is 5. The summed E-state index contributed by atoms with van der Waals surface area (Å²) in [6.45, 7) is 0. The Hall–Kier alpha value is -7.81. The van der Waals surface area contributed by atoms with Crippen LogP contribution in [0.5, 0.6) is 0 Å². The predicted molar refractivity (Wildman–Crippen MR) is 242 cm³/mol. The Labute approximate surface area is 340 Å². The maximum Gasteiger partial charge on any atom is 0.166 e. The normalized spacial score (nSPS) is 13.3. The summed E-state index contributed by atoms with van der Waals surface area (Å²) < 4.78 is 5.01. The van der Waals surface area contributed by atoms with Crippen LogP contribution in [0.1, 0.15) is 24.1 Å². The second-order valence-electron chi connectivity index (χ2n) is 15.2. The topological polar surface area (TPSA) is 48.5 Å². The van der Waals surface area contributed by atoms with Gasteiger partial charge in [-0.05, 0) is 53.1 Å². The lowest BCUT2D eigenvalue weighted by Crippen LogP contribution is -2.28. The second kappa shape index (κ2) is 13.4. The molecule has 0 atom stereocenters. The summed E-state index contributed by atoms with van der Waals surface area (Å²) in [7, 11) is 0. The first-order valence-electron chi connectivity index (χ1n) is 20.2. The molecule has 2 aliphatic rings. The molecule has 0 unspecified atom stereocenters. The van der Waals surface area contributed by atoms with Gasteiger partial charge in [-0.15, -0.1) is 0 Å². The fraction of sp³-hybridized carbons (Fsp3) is 0.0556. The highest BCUT2D eigenvalue weighted by atomic mass is 15.1. The van der Waals surface area contributed by atoms with E-state index in [-0.39, 0.29) is 0 Å². The zero-order valence-electron chi connectivity index (χ0n) is 32.1. The molecule has 2 aliphatic carbocycles. The van der Waals surface area contributed by atoms with E-state index in [1.54, 1.807) is 0 Å². The Morgan fingerprint density at radius 1 is 0.525 bits per heavy atom. The standard InChI is InChI=1S/C54H35N5/c1-2-20-37(21-3-1)52-55-53(44-29-14-22-35-17-4-7-23-38(35)44)57-54(56-52)45-30-15-27-42-40-25-9-13-33-48(40)59(50(42)45)49-34-16-28-43-41-26-10-12-32-47(41)58(51(43)49)46-31-11-6-19-36-18-5-8-24-39(36)46/h1-5,7-10,12,14-30,32,34H,13,31,33H2. The minimum atomic E-state index is 0.623. The summed E-state index contributed by atoms with van der Waals surface area (Å²) in [5.74, 6) is 8.72. The van der Waals surface area contributed by atoms with Crippen molar-refractivity contribution in [2.45, 2.75) is 19.3 Å². The van der Waals surface area contributed by atoms with E-state index < -0.39 is 0 Å². The number of benzene rings is 7. The summed E-state index contributed by atoms with van der Waals surface area (Å²) >= 11 is 0. The average molecular weight is 754 g/mol. The Bertz CT molecular complexity index is 3590. The maximum absolute atomic E-state index is 5.38. The van der Waals surface area contributed by atoms with Crippen LogP contribution in [0.25, 0.3) is 101 Å². The van der Waals surface area contributed by atoms with Gasteiger partial charge in [0.1, 0.15) is 0 Å². The van der Waals surface area contributed by atoms with Gasteiger partial charge in [0, 0.05) is 55.0 Å². The zero-order chi connectivity index (χ0) is 38.9. The smallest absolute Gasteiger partial charge is 0.166 e. The molecule has 0 amide bonds. The molecule has 0 radical (unpaired) electrons. The van der Waals surface area contributed by atoms with Crippen LogP contribution in [0.4, 0.5) is 0 Å². The summed E-state index contributed by atoms with van der Waals surface area (Å²) in [5, 5.41) is 8.16. The van der Waals surface area contributed by atoms with Crippen molar-refractivity contribution >= 4 is 61.3 Å². The third-order valence-electron chi connectivity index (χ3n) is 11.9. The van der Waals surface area contributed by atoms with Gasteiger partial charge in [0.15, 0.2) is 17.5 Å². The van der Waals surface area contributed by atoms with Crippen molar-refractivity contribution in [1.82, 2.24) is 24.1 Å². The van der Waals surface area contributed by atoms with E-state index in [0.717, 1.165) is 62.2 Å². The third-order valence-corrected chi connectivity index (χ3v) is 11.9.